The smallest absolute Gasteiger partial charge is 0.330 e. The number of allylic oxidation sites excluding steroid dienone is 1. The van der Waals surface area contributed by atoms with Crippen LogP contribution in [0.3, 0.4) is 0 Å². The number of hydrogen-bond donors (Lipinski definition) is 0. The molecule has 96 valence electrons. The van der Waals surface area contributed by atoms with Crippen molar-refractivity contribution in [3.63, 3.8) is 0 Å². The summed E-state index contributed by atoms with van der Waals surface area (Å²) in [4.78, 5) is 11.2. The minimum Gasteiger partial charge on any atom is -0.463 e. The fourth-order valence-electron chi connectivity index (χ4n) is 2.46. The zero-order valence-electron chi connectivity index (χ0n) is 10.3. The van der Waals surface area contributed by atoms with Crippen molar-refractivity contribution in [2.24, 2.45) is 5.92 Å². The van der Waals surface area contributed by atoms with Gasteiger partial charge in [0.2, 0.25) is 0 Å². The molecule has 0 unspecified atom stereocenters. The maximum atomic E-state index is 11.2. The van der Waals surface area contributed by atoms with E-state index >= 15 is 0 Å². The van der Waals surface area contributed by atoms with Crippen LogP contribution in [0.15, 0.2) is 12.2 Å². The monoisotopic (exact) mass is 240 g/mol. The Labute approximate surface area is 102 Å². The lowest BCUT2D eigenvalue weighted by Crippen LogP contribution is -2.34. The van der Waals surface area contributed by atoms with Crippen molar-refractivity contribution in [3.8, 4) is 0 Å². The molecule has 1 aliphatic carbocycles. The molecule has 2 aliphatic rings. The van der Waals surface area contributed by atoms with Gasteiger partial charge in [-0.3, -0.25) is 0 Å². The second-order valence-electron chi connectivity index (χ2n) is 4.56. The van der Waals surface area contributed by atoms with E-state index in [-0.39, 0.29) is 11.8 Å². The van der Waals surface area contributed by atoms with Gasteiger partial charge in [0.05, 0.1) is 19.8 Å². The number of rotatable bonds is 3. The van der Waals surface area contributed by atoms with Crippen LogP contribution in [0.25, 0.3) is 0 Å². The van der Waals surface area contributed by atoms with Crippen molar-refractivity contribution < 1.29 is 19.0 Å². The topological polar surface area (TPSA) is 44.8 Å². The van der Waals surface area contributed by atoms with Gasteiger partial charge in [-0.1, -0.05) is 6.08 Å². The average molecular weight is 240 g/mol. The lowest BCUT2D eigenvalue weighted by atomic mass is 9.85. The zero-order chi connectivity index (χ0) is 12.1. The Morgan fingerprint density at radius 2 is 2.00 bits per heavy atom. The summed E-state index contributed by atoms with van der Waals surface area (Å²) in [5.41, 5.74) is 0. The van der Waals surface area contributed by atoms with Gasteiger partial charge >= 0.3 is 5.97 Å². The fourth-order valence-corrected chi connectivity index (χ4v) is 2.46. The molecule has 0 atom stereocenters. The molecule has 2 fully saturated rings. The maximum absolute atomic E-state index is 11.2. The lowest BCUT2D eigenvalue weighted by molar-refractivity contribution is -0.180. The highest BCUT2D eigenvalue weighted by atomic mass is 16.7. The van der Waals surface area contributed by atoms with Crippen LogP contribution in [0, 0.1) is 5.92 Å². The van der Waals surface area contributed by atoms with Crippen molar-refractivity contribution in [2.75, 3.05) is 19.8 Å². The lowest BCUT2D eigenvalue weighted by Gasteiger charge is -2.34. The van der Waals surface area contributed by atoms with Crippen LogP contribution < -0.4 is 0 Å². The summed E-state index contributed by atoms with van der Waals surface area (Å²) in [5.74, 6) is -0.118. The Morgan fingerprint density at radius 1 is 1.35 bits per heavy atom. The minimum atomic E-state index is -0.311. The van der Waals surface area contributed by atoms with E-state index in [0.717, 1.165) is 25.7 Å². The second kappa shape index (κ2) is 5.65. The Morgan fingerprint density at radius 3 is 2.59 bits per heavy atom. The van der Waals surface area contributed by atoms with Gasteiger partial charge in [0.15, 0.2) is 5.79 Å². The SMILES string of the molecule is CCOC(=O)/C=C\C1CCC2(CC1)OCCO2. The van der Waals surface area contributed by atoms with Gasteiger partial charge in [0, 0.05) is 18.9 Å². The molecular formula is C13H20O4. The van der Waals surface area contributed by atoms with E-state index in [1.165, 1.54) is 0 Å². The standard InChI is InChI=1S/C13H20O4/c1-2-15-12(14)4-3-11-5-7-13(8-6-11)16-9-10-17-13/h3-4,11H,2,5-10H2,1H3/b4-3-. The third kappa shape index (κ3) is 3.30. The molecule has 0 aromatic rings. The molecule has 1 saturated carbocycles. The van der Waals surface area contributed by atoms with Gasteiger partial charge in [-0.15, -0.1) is 0 Å². The molecule has 2 rings (SSSR count). The van der Waals surface area contributed by atoms with E-state index in [9.17, 15) is 4.79 Å². The minimum absolute atomic E-state index is 0.249. The summed E-state index contributed by atoms with van der Waals surface area (Å²) in [5, 5.41) is 0. The van der Waals surface area contributed by atoms with Gasteiger partial charge in [-0.2, -0.15) is 0 Å². The van der Waals surface area contributed by atoms with E-state index in [2.05, 4.69) is 0 Å². The van der Waals surface area contributed by atoms with Gasteiger partial charge in [0.25, 0.3) is 0 Å². The molecular weight excluding hydrogens is 220 g/mol. The first-order valence-corrected chi connectivity index (χ1v) is 6.37. The van der Waals surface area contributed by atoms with Gasteiger partial charge in [0.1, 0.15) is 0 Å². The van der Waals surface area contributed by atoms with Crippen LogP contribution in [0.1, 0.15) is 32.6 Å². The highest BCUT2D eigenvalue weighted by Crippen LogP contribution is 2.38. The average Bonchev–Trinajstić information content (AvgIpc) is 2.78. The molecule has 0 amide bonds. The van der Waals surface area contributed by atoms with Gasteiger partial charge < -0.3 is 14.2 Å². The largest absolute Gasteiger partial charge is 0.463 e. The Kier molecular flexibility index (Phi) is 4.18. The normalized spacial score (nSPS) is 24.5. The Balaban J connectivity index is 1.77. The van der Waals surface area contributed by atoms with E-state index in [4.69, 9.17) is 14.2 Å². The molecule has 1 spiro atoms. The van der Waals surface area contributed by atoms with Crippen LogP contribution in [0.5, 0.6) is 0 Å². The summed E-state index contributed by atoms with van der Waals surface area (Å²) in [6.07, 6.45) is 7.36. The number of ether oxygens (including phenoxy) is 3. The molecule has 1 aliphatic heterocycles. The number of carbonyl (C=O) groups excluding carboxylic acids is 1. The van der Waals surface area contributed by atoms with Crippen molar-refractivity contribution in [3.05, 3.63) is 12.2 Å². The van der Waals surface area contributed by atoms with E-state index < -0.39 is 0 Å². The van der Waals surface area contributed by atoms with Crippen LogP contribution >= 0.6 is 0 Å². The fraction of sp³-hybridized carbons (Fsp3) is 0.769. The third-order valence-corrected chi connectivity index (χ3v) is 3.40. The summed E-state index contributed by atoms with van der Waals surface area (Å²) in [6, 6.07) is 0. The van der Waals surface area contributed by atoms with Crippen molar-refractivity contribution in [2.45, 2.75) is 38.4 Å². The molecule has 0 aromatic heterocycles. The van der Waals surface area contributed by atoms with Crippen LogP contribution in [-0.2, 0) is 19.0 Å². The summed E-state index contributed by atoms with van der Waals surface area (Å²) < 4.78 is 16.2. The number of esters is 1. The van der Waals surface area contributed by atoms with Crippen molar-refractivity contribution in [1.82, 2.24) is 0 Å². The van der Waals surface area contributed by atoms with Gasteiger partial charge in [-0.05, 0) is 25.7 Å². The molecule has 0 radical (unpaired) electrons. The molecule has 0 N–H and O–H groups in total. The van der Waals surface area contributed by atoms with Crippen LogP contribution in [-0.4, -0.2) is 31.6 Å². The first-order valence-electron chi connectivity index (χ1n) is 6.37. The molecule has 4 heteroatoms. The van der Waals surface area contributed by atoms with Crippen LogP contribution in [0.2, 0.25) is 0 Å². The van der Waals surface area contributed by atoms with E-state index in [1.54, 1.807) is 6.08 Å². The summed E-state index contributed by atoms with van der Waals surface area (Å²) >= 11 is 0. The van der Waals surface area contributed by atoms with Crippen LogP contribution in [0.4, 0.5) is 0 Å². The molecule has 17 heavy (non-hydrogen) atoms. The van der Waals surface area contributed by atoms with E-state index in [0.29, 0.717) is 25.7 Å². The highest BCUT2D eigenvalue weighted by molar-refractivity contribution is 5.81. The van der Waals surface area contributed by atoms with Crippen molar-refractivity contribution >= 4 is 5.97 Å². The first kappa shape index (κ1) is 12.6. The molecule has 1 saturated heterocycles. The quantitative estimate of drug-likeness (QED) is 0.559. The Bertz CT molecular complexity index is 282. The summed E-state index contributed by atoms with van der Waals surface area (Å²) in [6.45, 7) is 3.66. The molecule has 1 heterocycles. The predicted octanol–water partition coefficient (Wildman–Crippen LogP) is 2.04. The predicted molar refractivity (Wildman–Crippen MR) is 62.4 cm³/mol. The number of carbonyl (C=O) groups is 1. The molecule has 0 bridgehead atoms. The highest BCUT2D eigenvalue weighted by Gasteiger charge is 2.39. The van der Waals surface area contributed by atoms with E-state index in [1.807, 2.05) is 13.0 Å². The first-order chi connectivity index (χ1) is 8.24. The maximum Gasteiger partial charge on any atom is 0.330 e. The second-order valence-corrected chi connectivity index (χ2v) is 4.56. The van der Waals surface area contributed by atoms with Crippen molar-refractivity contribution in [1.29, 1.82) is 0 Å². The van der Waals surface area contributed by atoms with Gasteiger partial charge in [-0.25, -0.2) is 4.79 Å². The molecule has 4 nitrogen and oxygen atoms in total. The zero-order valence-corrected chi connectivity index (χ0v) is 10.3. The third-order valence-electron chi connectivity index (χ3n) is 3.40. The summed E-state index contributed by atoms with van der Waals surface area (Å²) in [7, 11) is 0. The number of hydrogen-bond acceptors (Lipinski definition) is 4. The Hall–Kier alpha value is -0.870. The molecule has 0 aromatic carbocycles.